The summed E-state index contributed by atoms with van der Waals surface area (Å²) in [5.74, 6) is 2.80. The molecule has 0 fully saturated rings. The van der Waals surface area contributed by atoms with Crippen molar-refractivity contribution in [2.45, 2.75) is 72.1 Å². The molecule has 2 atom stereocenters. The molecule has 0 aliphatic carbocycles. The Hall–Kier alpha value is -0.790. The van der Waals surface area contributed by atoms with Gasteiger partial charge in [-0.2, -0.15) is 0 Å². The fourth-order valence-electron chi connectivity index (χ4n) is 1.86. The highest BCUT2D eigenvalue weighted by atomic mass is 14.9. The molecule has 92 valence electrons. The summed E-state index contributed by atoms with van der Waals surface area (Å²) in [6.45, 7) is 13.4. The average molecular weight is 222 g/mol. The second kappa shape index (κ2) is 5.51. The zero-order valence-corrected chi connectivity index (χ0v) is 11.6. The largest absolute Gasteiger partial charge is 0.345 e. The molecule has 0 amide bonds. The van der Waals surface area contributed by atoms with Crippen molar-refractivity contribution in [3.8, 4) is 0 Å². The van der Waals surface area contributed by atoms with Gasteiger partial charge in [-0.15, -0.1) is 0 Å². The Balaban J connectivity index is 3.09. The minimum absolute atomic E-state index is 0.536. The molecule has 1 N–H and O–H groups in total. The topological polar surface area (TPSA) is 28.7 Å². The van der Waals surface area contributed by atoms with E-state index in [4.69, 9.17) is 4.98 Å². The lowest BCUT2D eigenvalue weighted by Gasteiger charge is -2.10. The van der Waals surface area contributed by atoms with Crippen LogP contribution >= 0.6 is 0 Å². The van der Waals surface area contributed by atoms with Gasteiger partial charge in [0.2, 0.25) is 0 Å². The minimum atomic E-state index is 0.536. The van der Waals surface area contributed by atoms with Crippen molar-refractivity contribution in [3.05, 3.63) is 17.2 Å². The van der Waals surface area contributed by atoms with Crippen molar-refractivity contribution in [1.29, 1.82) is 0 Å². The normalized spacial score (nSPS) is 15.4. The van der Waals surface area contributed by atoms with Gasteiger partial charge in [-0.25, -0.2) is 4.98 Å². The number of nitrogens with one attached hydrogen (secondary N) is 1. The number of aromatic amines is 1. The summed E-state index contributed by atoms with van der Waals surface area (Å²) in [7, 11) is 0. The van der Waals surface area contributed by atoms with Gasteiger partial charge in [0.1, 0.15) is 5.82 Å². The molecule has 0 radical (unpaired) electrons. The Morgan fingerprint density at radius 1 is 1.00 bits per heavy atom. The van der Waals surface area contributed by atoms with E-state index >= 15 is 0 Å². The molecule has 1 aromatic rings. The summed E-state index contributed by atoms with van der Waals surface area (Å²) in [4.78, 5) is 8.35. The van der Waals surface area contributed by atoms with Gasteiger partial charge in [-0.05, 0) is 24.7 Å². The van der Waals surface area contributed by atoms with Crippen LogP contribution in [0.25, 0.3) is 0 Å². The van der Waals surface area contributed by atoms with Gasteiger partial charge < -0.3 is 4.98 Å². The number of aromatic nitrogens is 2. The summed E-state index contributed by atoms with van der Waals surface area (Å²) in [6.07, 6.45) is 2.30. The molecular weight excluding hydrogens is 196 g/mol. The van der Waals surface area contributed by atoms with E-state index in [9.17, 15) is 0 Å². The predicted octanol–water partition coefficient (Wildman–Crippen LogP) is 4.56. The molecule has 16 heavy (non-hydrogen) atoms. The summed E-state index contributed by atoms with van der Waals surface area (Å²) >= 11 is 0. The second-order valence-corrected chi connectivity index (χ2v) is 5.19. The first-order valence-electron chi connectivity index (χ1n) is 6.60. The molecule has 0 bridgehead atoms. The molecule has 1 rings (SSSR count). The van der Waals surface area contributed by atoms with Crippen LogP contribution in [0.3, 0.4) is 0 Å². The van der Waals surface area contributed by atoms with Gasteiger partial charge in [-0.3, -0.25) is 0 Å². The van der Waals surface area contributed by atoms with Gasteiger partial charge in [-0.1, -0.05) is 41.5 Å². The lowest BCUT2D eigenvalue weighted by atomic mass is 9.98. The second-order valence-electron chi connectivity index (χ2n) is 5.19. The Labute approximate surface area is 99.9 Å². The zero-order valence-electron chi connectivity index (χ0n) is 11.6. The Bertz CT molecular complexity index is 325. The molecule has 1 aromatic heterocycles. The lowest BCUT2D eigenvalue weighted by molar-refractivity contribution is 0.670. The van der Waals surface area contributed by atoms with E-state index in [-0.39, 0.29) is 0 Å². The Morgan fingerprint density at radius 3 is 2.00 bits per heavy atom. The van der Waals surface area contributed by atoms with E-state index in [0.717, 1.165) is 12.8 Å². The number of hydrogen-bond donors (Lipinski definition) is 1. The fraction of sp³-hybridized carbons (Fsp3) is 0.786. The SMILES string of the molecule is CCC(C)c1nc(C(C)CC)c(C(C)C)[nH]1. The smallest absolute Gasteiger partial charge is 0.109 e. The van der Waals surface area contributed by atoms with E-state index in [0.29, 0.717) is 17.8 Å². The van der Waals surface area contributed by atoms with Crippen LogP contribution in [0, 0.1) is 0 Å². The summed E-state index contributed by atoms with van der Waals surface area (Å²) in [5.41, 5.74) is 2.62. The highest BCUT2D eigenvalue weighted by Gasteiger charge is 2.19. The number of nitrogens with zero attached hydrogens (tertiary/aromatic N) is 1. The molecular formula is C14H26N2. The standard InChI is InChI=1S/C14H26N2/c1-7-10(5)13-12(9(3)4)15-14(16-13)11(6)8-2/h9-11H,7-8H2,1-6H3,(H,15,16). The Morgan fingerprint density at radius 2 is 1.56 bits per heavy atom. The third-order valence-electron chi connectivity index (χ3n) is 3.52. The van der Waals surface area contributed by atoms with Crippen molar-refractivity contribution in [1.82, 2.24) is 9.97 Å². The average Bonchev–Trinajstić information content (AvgIpc) is 2.71. The number of hydrogen-bond acceptors (Lipinski definition) is 1. The first kappa shape index (κ1) is 13.3. The molecule has 1 heterocycles. The van der Waals surface area contributed by atoms with E-state index in [1.54, 1.807) is 0 Å². The first-order valence-corrected chi connectivity index (χ1v) is 6.60. The van der Waals surface area contributed by atoms with Gasteiger partial charge in [0.05, 0.1) is 5.69 Å². The van der Waals surface area contributed by atoms with Crippen LogP contribution in [0.2, 0.25) is 0 Å². The molecule has 2 nitrogen and oxygen atoms in total. The van der Waals surface area contributed by atoms with Crippen LogP contribution in [-0.4, -0.2) is 9.97 Å². The van der Waals surface area contributed by atoms with E-state index in [2.05, 4.69) is 46.5 Å². The molecule has 0 saturated carbocycles. The number of H-pyrrole nitrogens is 1. The molecule has 0 aliphatic heterocycles. The maximum Gasteiger partial charge on any atom is 0.109 e. The molecule has 0 aromatic carbocycles. The highest BCUT2D eigenvalue weighted by Crippen LogP contribution is 2.28. The van der Waals surface area contributed by atoms with Gasteiger partial charge in [0, 0.05) is 11.6 Å². The molecule has 0 spiro atoms. The lowest BCUT2D eigenvalue weighted by Crippen LogP contribution is -1.99. The van der Waals surface area contributed by atoms with Crippen molar-refractivity contribution < 1.29 is 0 Å². The van der Waals surface area contributed by atoms with Crippen LogP contribution in [0.1, 0.15) is 89.4 Å². The zero-order chi connectivity index (χ0) is 12.3. The Kier molecular flexibility index (Phi) is 4.57. The van der Waals surface area contributed by atoms with Crippen molar-refractivity contribution in [2.75, 3.05) is 0 Å². The van der Waals surface area contributed by atoms with Gasteiger partial charge in [0.25, 0.3) is 0 Å². The maximum absolute atomic E-state index is 4.82. The quantitative estimate of drug-likeness (QED) is 0.777. The first-order chi connectivity index (χ1) is 7.51. The summed E-state index contributed by atoms with van der Waals surface area (Å²) < 4.78 is 0. The molecule has 2 unspecified atom stereocenters. The van der Waals surface area contributed by atoms with Crippen LogP contribution in [0.15, 0.2) is 0 Å². The van der Waals surface area contributed by atoms with Crippen LogP contribution in [0.5, 0.6) is 0 Å². The van der Waals surface area contributed by atoms with Gasteiger partial charge in [0.15, 0.2) is 0 Å². The number of imidazole rings is 1. The molecule has 0 aliphatic rings. The van der Waals surface area contributed by atoms with E-state index in [1.807, 2.05) is 0 Å². The van der Waals surface area contributed by atoms with Crippen molar-refractivity contribution in [2.24, 2.45) is 0 Å². The molecule has 2 heteroatoms. The molecule has 0 saturated heterocycles. The van der Waals surface area contributed by atoms with E-state index in [1.165, 1.54) is 17.2 Å². The fourth-order valence-corrected chi connectivity index (χ4v) is 1.86. The summed E-state index contributed by atoms with van der Waals surface area (Å²) in [5, 5.41) is 0. The number of rotatable bonds is 5. The highest BCUT2D eigenvalue weighted by molar-refractivity contribution is 5.22. The van der Waals surface area contributed by atoms with Crippen molar-refractivity contribution >= 4 is 0 Å². The maximum atomic E-state index is 4.82. The minimum Gasteiger partial charge on any atom is -0.345 e. The third kappa shape index (κ3) is 2.66. The van der Waals surface area contributed by atoms with E-state index < -0.39 is 0 Å². The van der Waals surface area contributed by atoms with Crippen LogP contribution in [0.4, 0.5) is 0 Å². The third-order valence-corrected chi connectivity index (χ3v) is 3.52. The van der Waals surface area contributed by atoms with Crippen LogP contribution < -0.4 is 0 Å². The van der Waals surface area contributed by atoms with Crippen molar-refractivity contribution in [3.63, 3.8) is 0 Å². The predicted molar refractivity (Wildman–Crippen MR) is 70.1 cm³/mol. The van der Waals surface area contributed by atoms with Crippen LogP contribution in [-0.2, 0) is 0 Å². The summed E-state index contributed by atoms with van der Waals surface area (Å²) in [6, 6.07) is 0. The van der Waals surface area contributed by atoms with Gasteiger partial charge >= 0.3 is 0 Å². The monoisotopic (exact) mass is 222 g/mol.